The average Bonchev–Trinajstić information content (AvgIpc) is 2.57. The topological polar surface area (TPSA) is 18.5 Å². The Kier molecular flexibility index (Phi) is 3.53. The second kappa shape index (κ2) is 4.74. The van der Waals surface area contributed by atoms with E-state index in [9.17, 15) is 0 Å². The number of hydrogen-bond acceptors (Lipinski definition) is 2. The van der Waals surface area contributed by atoms with Crippen molar-refractivity contribution < 1.29 is 9.47 Å². The molecule has 0 bridgehead atoms. The zero-order valence-electron chi connectivity index (χ0n) is 9.65. The molecule has 1 aliphatic heterocycles. The molecule has 0 amide bonds. The summed E-state index contributed by atoms with van der Waals surface area (Å²) < 4.78 is 12.0. The molecule has 1 aromatic carbocycles. The molecule has 2 atom stereocenters. The molecule has 2 rings (SSSR count). The lowest BCUT2D eigenvalue weighted by Gasteiger charge is -2.27. The SMILES string of the molecule is CC1OC(CCCl)(c2ccccc2)OC1C. The second-order valence-corrected chi connectivity index (χ2v) is 4.58. The fourth-order valence-electron chi connectivity index (χ4n) is 2.03. The first-order valence-electron chi connectivity index (χ1n) is 5.65. The summed E-state index contributed by atoms with van der Waals surface area (Å²) in [7, 11) is 0. The summed E-state index contributed by atoms with van der Waals surface area (Å²) in [5, 5.41) is 0. The van der Waals surface area contributed by atoms with Gasteiger partial charge in [-0.1, -0.05) is 30.3 Å². The summed E-state index contributed by atoms with van der Waals surface area (Å²) in [6, 6.07) is 10.0. The van der Waals surface area contributed by atoms with Crippen LogP contribution in [0.5, 0.6) is 0 Å². The van der Waals surface area contributed by atoms with E-state index in [1.165, 1.54) is 0 Å². The Morgan fingerprint density at radius 2 is 1.69 bits per heavy atom. The van der Waals surface area contributed by atoms with Gasteiger partial charge in [0, 0.05) is 17.9 Å². The lowest BCUT2D eigenvalue weighted by atomic mass is 10.0. The van der Waals surface area contributed by atoms with Crippen LogP contribution >= 0.6 is 11.6 Å². The van der Waals surface area contributed by atoms with Crippen LogP contribution in [0.1, 0.15) is 25.8 Å². The van der Waals surface area contributed by atoms with Crippen molar-refractivity contribution in [3.63, 3.8) is 0 Å². The van der Waals surface area contributed by atoms with Crippen molar-refractivity contribution in [3.05, 3.63) is 35.9 Å². The highest BCUT2D eigenvalue weighted by Crippen LogP contribution is 2.40. The molecule has 0 saturated carbocycles. The van der Waals surface area contributed by atoms with Crippen molar-refractivity contribution >= 4 is 11.6 Å². The molecule has 3 heteroatoms. The Morgan fingerprint density at radius 3 is 2.19 bits per heavy atom. The van der Waals surface area contributed by atoms with Gasteiger partial charge in [-0.3, -0.25) is 0 Å². The third-order valence-electron chi connectivity index (χ3n) is 3.05. The third-order valence-corrected chi connectivity index (χ3v) is 3.24. The molecular weight excluding hydrogens is 224 g/mol. The lowest BCUT2D eigenvalue weighted by molar-refractivity contribution is -0.183. The number of benzene rings is 1. The fraction of sp³-hybridized carbons (Fsp3) is 0.538. The molecule has 2 nitrogen and oxygen atoms in total. The van der Waals surface area contributed by atoms with E-state index in [0.717, 1.165) is 5.56 Å². The van der Waals surface area contributed by atoms with Crippen molar-refractivity contribution in [1.29, 1.82) is 0 Å². The molecule has 0 aliphatic carbocycles. The van der Waals surface area contributed by atoms with Gasteiger partial charge >= 0.3 is 0 Å². The molecule has 1 aliphatic rings. The molecule has 0 radical (unpaired) electrons. The van der Waals surface area contributed by atoms with Gasteiger partial charge in [0.2, 0.25) is 0 Å². The molecule has 1 fully saturated rings. The summed E-state index contributed by atoms with van der Waals surface area (Å²) in [6.07, 6.45) is 0.875. The Bertz CT molecular complexity index is 329. The van der Waals surface area contributed by atoms with Gasteiger partial charge < -0.3 is 9.47 Å². The van der Waals surface area contributed by atoms with Gasteiger partial charge in [0.1, 0.15) is 0 Å². The average molecular weight is 241 g/mol. The first-order valence-corrected chi connectivity index (χ1v) is 6.18. The maximum absolute atomic E-state index is 5.98. The van der Waals surface area contributed by atoms with E-state index < -0.39 is 5.79 Å². The highest BCUT2D eigenvalue weighted by molar-refractivity contribution is 6.17. The molecule has 2 unspecified atom stereocenters. The van der Waals surface area contributed by atoms with Gasteiger partial charge in [-0.25, -0.2) is 0 Å². The highest BCUT2D eigenvalue weighted by Gasteiger charge is 2.44. The Hall–Kier alpha value is -0.570. The molecule has 1 heterocycles. The molecule has 1 aromatic rings. The minimum absolute atomic E-state index is 0.100. The predicted octanol–water partition coefficient (Wildman–Crippen LogP) is 3.29. The van der Waals surface area contributed by atoms with Crippen molar-refractivity contribution in [2.75, 3.05) is 5.88 Å². The van der Waals surface area contributed by atoms with E-state index >= 15 is 0 Å². The first kappa shape index (κ1) is 11.9. The van der Waals surface area contributed by atoms with Crippen molar-refractivity contribution in [1.82, 2.24) is 0 Å². The molecule has 0 spiro atoms. The zero-order valence-corrected chi connectivity index (χ0v) is 10.4. The largest absolute Gasteiger partial charge is 0.340 e. The Labute approximate surface area is 102 Å². The molecule has 88 valence electrons. The maximum Gasteiger partial charge on any atom is 0.196 e. The van der Waals surface area contributed by atoms with Gasteiger partial charge in [-0.15, -0.1) is 11.6 Å². The molecule has 0 N–H and O–H groups in total. The highest BCUT2D eigenvalue weighted by atomic mass is 35.5. The van der Waals surface area contributed by atoms with Gasteiger partial charge in [-0.2, -0.15) is 0 Å². The Morgan fingerprint density at radius 1 is 1.12 bits per heavy atom. The lowest BCUT2D eigenvalue weighted by Crippen LogP contribution is -2.28. The van der Waals surface area contributed by atoms with E-state index in [-0.39, 0.29) is 12.2 Å². The second-order valence-electron chi connectivity index (χ2n) is 4.20. The normalized spacial score (nSPS) is 34.2. The van der Waals surface area contributed by atoms with E-state index in [1.807, 2.05) is 44.2 Å². The molecule has 16 heavy (non-hydrogen) atoms. The molecular formula is C13H17ClO2. The van der Waals surface area contributed by atoms with Crippen LogP contribution in [0.25, 0.3) is 0 Å². The van der Waals surface area contributed by atoms with Crippen LogP contribution < -0.4 is 0 Å². The predicted molar refractivity (Wildman–Crippen MR) is 64.6 cm³/mol. The van der Waals surface area contributed by atoms with Crippen molar-refractivity contribution in [2.45, 2.75) is 38.3 Å². The van der Waals surface area contributed by atoms with E-state index in [0.29, 0.717) is 12.3 Å². The van der Waals surface area contributed by atoms with E-state index in [1.54, 1.807) is 0 Å². The van der Waals surface area contributed by atoms with Crippen LogP contribution in [-0.2, 0) is 15.3 Å². The number of hydrogen-bond donors (Lipinski definition) is 0. The molecule has 1 saturated heterocycles. The number of rotatable bonds is 3. The fourth-order valence-corrected chi connectivity index (χ4v) is 2.28. The van der Waals surface area contributed by atoms with Crippen molar-refractivity contribution in [2.24, 2.45) is 0 Å². The van der Waals surface area contributed by atoms with Crippen LogP contribution in [0.4, 0.5) is 0 Å². The van der Waals surface area contributed by atoms with Gasteiger partial charge in [0.15, 0.2) is 5.79 Å². The Balaban J connectivity index is 2.30. The van der Waals surface area contributed by atoms with Crippen LogP contribution in [0.15, 0.2) is 30.3 Å². The summed E-state index contributed by atoms with van der Waals surface area (Å²) in [6.45, 7) is 4.06. The standard InChI is InChI=1S/C13H17ClO2/c1-10-11(2)16-13(15-10,8-9-14)12-6-4-3-5-7-12/h3-7,10-11H,8-9H2,1-2H3. The van der Waals surface area contributed by atoms with E-state index in [2.05, 4.69) is 0 Å². The minimum Gasteiger partial charge on any atom is -0.340 e. The minimum atomic E-state index is -0.651. The number of halogens is 1. The summed E-state index contributed by atoms with van der Waals surface area (Å²) in [5.41, 5.74) is 1.05. The quantitative estimate of drug-likeness (QED) is 0.755. The zero-order chi connectivity index (χ0) is 11.6. The summed E-state index contributed by atoms with van der Waals surface area (Å²) in [5.74, 6) is -0.129. The first-order chi connectivity index (χ1) is 7.68. The summed E-state index contributed by atoms with van der Waals surface area (Å²) >= 11 is 5.86. The smallest absolute Gasteiger partial charge is 0.196 e. The number of ether oxygens (including phenoxy) is 2. The summed E-state index contributed by atoms with van der Waals surface area (Å²) in [4.78, 5) is 0. The third kappa shape index (κ3) is 2.10. The molecule has 0 aromatic heterocycles. The van der Waals surface area contributed by atoms with Crippen LogP contribution in [0, 0.1) is 0 Å². The van der Waals surface area contributed by atoms with Gasteiger partial charge in [0.25, 0.3) is 0 Å². The van der Waals surface area contributed by atoms with Crippen molar-refractivity contribution in [3.8, 4) is 0 Å². The van der Waals surface area contributed by atoms with Gasteiger partial charge in [-0.05, 0) is 13.8 Å². The number of alkyl halides is 1. The van der Waals surface area contributed by atoms with E-state index in [4.69, 9.17) is 21.1 Å². The monoisotopic (exact) mass is 240 g/mol. The van der Waals surface area contributed by atoms with Crippen LogP contribution in [0.3, 0.4) is 0 Å². The van der Waals surface area contributed by atoms with Gasteiger partial charge in [0.05, 0.1) is 12.2 Å². The van der Waals surface area contributed by atoms with Crippen LogP contribution in [0.2, 0.25) is 0 Å². The van der Waals surface area contributed by atoms with Crippen LogP contribution in [-0.4, -0.2) is 18.1 Å². The maximum atomic E-state index is 5.98.